The summed E-state index contributed by atoms with van der Waals surface area (Å²) in [6.07, 6.45) is -4.42. The Hall–Kier alpha value is -4.60. The van der Waals surface area contributed by atoms with Crippen LogP contribution in [0.4, 0.5) is 13.2 Å². The number of aromatic amines is 1. The van der Waals surface area contributed by atoms with Crippen LogP contribution < -0.4 is 11.4 Å². The van der Waals surface area contributed by atoms with Crippen molar-refractivity contribution < 1.29 is 22.1 Å². The Labute approximate surface area is 201 Å². The Kier molecular flexibility index (Phi) is 5.71. The molecule has 0 unspecified atom stereocenters. The molecule has 7 nitrogen and oxygen atoms in total. The van der Waals surface area contributed by atoms with Gasteiger partial charge in [0.25, 0.3) is 0 Å². The van der Waals surface area contributed by atoms with Gasteiger partial charge in [-0.05, 0) is 60.0 Å². The summed E-state index contributed by atoms with van der Waals surface area (Å²) >= 11 is 0. The molecule has 36 heavy (non-hydrogen) atoms. The molecule has 5 aromatic rings. The van der Waals surface area contributed by atoms with E-state index in [1.165, 1.54) is 12.1 Å². The molecule has 0 fully saturated rings. The van der Waals surface area contributed by atoms with Crippen LogP contribution in [0.15, 0.2) is 91.3 Å². The second-order valence-electron chi connectivity index (χ2n) is 8.13. The molecule has 0 aliphatic carbocycles. The van der Waals surface area contributed by atoms with E-state index in [1.54, 1.807) is 6.92 Å². The van der Waals surface area contributed by atoms with Crippen molar-refractivity contribution in [1.29, 1.82) is 0 Å². The molecule has 2 heterocycles. The number of rotatable bonds is 5. The molecular weight excluding hydrogens is 475 g/mol. The Morgan fingerprint density at radius 1 is 0.889 bits per heavy atom. The molecule has 0 saturated carbocycles. The Morgan fingerprint density at radius 3 is 2.22 bits per heavy atom. The number of aryl methyl sites for hydroxylation is 1. The summed E-state index contributed by atoms with van der Waals surface area (Å²) in [6, 6.07) is 19.6. The van der Waals surface area contributed by atoms with Gasteiger partial charge < -0.3 is 8.94 Å². The van der Waals surface area contributed by atoms with Crippen LogP contribution in [0.3, 0.4) is 0 Å². The molecule has 3 aromatic carbocycles. The summed E-state index contributed by atoms with van der Waals surface area (Å²) in [5.41, 5.74) is 2.90. The third-order valence-corrected chi connectivity index (χ3v) is 5.61. The van der Waals surface area contributed by atoms with E-state index in [9.17, 15) is 22.8 Å². The molecule has 182 valence electrons. The zero-order chi connectivity index (χ0) is 25.4. The highest BCUT2D eigenvalue weighted by Crippen LogP contribution is 2.34. The van der Waals surface area contributed by atoms with Gasteiger partial charge in [0.2, 0.25) is 5.89 Å². The highest BCUT2D eigenvalue weighted by molar-refractivity contribution is 5.73. The van der Waals surface area contributed by atoms with Crippen LogP contribution in [0.5, 0.6) is 0 Å². The van der Waals surface area contributed by atoms with Crippen LogP contribution in [0, 0.1) is 6.92 Å². The highest BCUT2D eigenvalue weighted by atomic mass is 19.4. The fourth-order valence-corrected chi connectivity index (χ4v) is 3.87. The van der Waals surface area contributed by atoms with Crippen molar-refractivity contribution in [3.8, 4) is 33.8 Å². The van der Waals surface area contributed by atoms with Gasteiger partial charge in [-0.25, -0.2) is 19.6 Å². The molecular formula is C26H18F3N3O4. The SMILES string of the molecule is Cc1oc(-c2ccc(C(F)(F)F)cc2)nc1-c1cccc(-c2cccc(Cn3oc(=O)[nH]c3=O)c2)c1. The number of aromatic nitrogens is 3. The predicted molar refractivity (Wildman–Crippen MR) is 125 cm³/mol. The van der Waals surface area contributed by atoms with Gasteiger partial charge in [-0.1, -0.05) is 36.4 Å². The van der Waals surface area contributed by atoms with Crippen molar-refractivity contribution in [3.63, 3.8) is 0 Å². The molecule has 5 rings (SSSR count). The van der Waals surface area contributed by atoms with Crippen molar-refractivity contribution in [2.75, 3.05) is 0 Å². The molecule has 0 bridgehead atoms. The maximum atomic E-state index is 12.9. The lowest BCUT2D eigenvalue weighted by Gasteiger charge is -2.07. The smallest absolute Gasteiger partial charge is 0.440 e. The molecule has 1 N–H and O–H groups in total. The first kappa shape index (κ1) is 23.2. The largest absolute Gasteiger partial charge is 0.441 e. The summed E-state index contributed by atoms with van der Waals surface area (Å²) < 4.78 is 50.1. The molecule has 0 saturated heterocycles. The first-order valence-electron chi connectivity index (χ1n) is 10.8. The third-order valence-electron chi connectivity index (χ3n) is 5.61. The second-order valence-corrected chi connectivity index (χ2v) is 8.13. The Balaban J connectivity index is 1.44. The van der Waals surface area contributed by atoms with Gasteiger partial charge >= 0.3 is 17.6 Å². The van der Waals surface area contributed by atoms with E-state index in [0.29, 0.717) is 17.0 Å². The number of hydrogen-bond donors (Lipinski definition) is 1. The first-order valence-corrected chi connectivity index (χ1v) is 10.8. The van der Waals surface area contributed by atoms with Gasteiger partial charge in [0.15, 0.2) is 0 Å². The van der Waals surface area contributed by atoms with Gasteiger partial charge in [-0.15, -0.1) is 4.74 Å². The number of benzene rings is 3. The lowest BCUT2D eigenvalue weighted by Crippen LogP contribution is -2.17. The number of H-pyrrole nitrogens is 1. The monoisotopic (exact) mass is 493 g/mol. The fraction of sp³-hybridized carbons (Fsp3) is 0.115. The summed E-state index contributed by atoms with van der Waals surface area (Å²) in [6.45, 7) is 1.83. The van der Waals surface area contributed by atoms with Crippen molar-refractivity contribution in [3.05, 3.63) is 111 Å². The summed E-state index contributed by atoms with van der Waals surface area (Å²) in [5, 5.41) is 0. The van der Waals surface area contributed by atoms with Gasteiger partial charge in [0, 0.05) is 11.1 Å². The molecule has 0 aliphatic heterocycles. The van der Waals surface area contributed by atoms with Crippen molar-refractivity contribution in [1.82, 2.24) is 14.7 Å². The summed E-state index contributed by atoms with van der Waals surface area (Å²) in [7, 11) is 0. The van der Waals surface area contributed by atoms with Crippen LogP contribution in [0.2, 0.25) is 0 Å². The van der Waals surface area contributed by atoms with Crippen LogP contribution in [0.25, 0.3) is 33.8 Å². The number of halogens is 3. The quantitative estimate of drug-likeness (QED) is 0.349. The minimum absolute atomic E-state index is 0.0873. The Bertz CT molecular complexity index is 1660. The minimum atomic E-state index is -4.42. The number of hydrogen-bond acceptors (Lipinski definition) is 5. The molecule has 0 amide bonds. The summed E-state index contributed by atoms with van der Waals surface area (Å²) in [5.74, 6) is -0.0674. The standard InChI is InChI=1S/C26H18F3N3O4/c1-15-22(30-23(35-15)17-8-10-21(11-9-17)26(27,28)29)20-7-3-6-19(13-20)18-5-2-4-16(12-18)14-32-24(33)31-25(34)36-32/h2-13H,14H2,1H3,(H,31,33,34). The number of oxazole rings is 1. The van der Waals surface area contributed by atoms with Gasteiger partial charge in [0.1, 0.15) is 11.5 Å². The summed E-state index contributed by atoms with van der Waals surface area (Å²) in [4.78, 5) is 29.6. The van der Waals surface area contributed by atoms with Crippen LogP contribution in [-0.4, -0.2) is 14.7 Å². The van der Waals surface area contributed by atoms with Gasteiger partial charge in [-0.2, -0.15) is 13.2 Å². The maximum absolute atomic E-state index is 12.9. The minimum Gasteiger partial charge on any atom is -0.441 e. The maximum Gasteiger partial charge on any atom is 0.440 e. The average Bonchev–Trinajstić information content (AvgIpc) is 3.39. The van der Waals surface area contributed by atoms with E-state index in [2.05, 4.69) is 4.98 Å². The van der Waals surface area contributed by atoms with Gasteiger partial charge in [-0.3, -0.25) is 0 Å². The zero-order valence-electron chi connectivity index (χ0n) is 18.8. The lowest BCUT2D eigenvalue weighted by molar-refractivity contribution is -0.137. The van der Waals surface area contributed by atoms with E-state index < -0.39 is 23.2 Å². The van der Waals surface area contributed by atoms with Crippen LogP contribution >= 0.6 is 0 Å². The number of alkyl halides is 3. The van der Waals surface area contributed by atoms with E-state index in [-0.39, 0.29) is 12.4 Å². The van der Waals surface area contributed by atoms with Crippen molar-refractivity contribution in [2.24, 2.45) is 0 Å². The zero-order valence-corrected chi connectivity index (χ0v) is 18.8. The normalized spacial score (nSPS) is 11.7. The number of nitrogens with one attached hydrogen (secondary N) is 1. The first-order chi connectivity index (χ1) is 17.2. The molecule has 0 radical (unpaired) electrons. The van der Waals surface area contributed by atoms with E-state index in [1.807, 2.05) is 53.5 Å². The Morgan fingerprint density at radius 2 is 1.56 bits per heavy atom. The average molecular weight is 493 g/mol. The van der Waals surface area contributed by atoms with Crippen molar-refractivity contribution >= 4 is 0 Å². The van der Waals surface area contributed by atoms with E-state index in [0.717, 1.165) is 39.1 Å². The third kappa shape index (κ3) is 4.65. The highest BCUT2D eigenvalue weighted by Gasteiger charge is 2.30. The molecule has 0 aliphatic rings. The van der Waals surface area contributed by atoms with Gasteiger partial charge in [0.05, 0.1) is 12.1 Å². The molecule has 10 heteroatoms. The van der Waals surface area contributed by atoms with E-state index in [4.69, 9.17) is 8.94 Å². The molecule has 0 atom stereocenters. The number of nitrogens with zero attached hydrogens (tertiary/aromatic N) is 2. The second kappa shape index (κ2) is 8.88. The lowest BCUT2D eigenvalue weighted by atomic mass is 9.99. The van der Waals surface area contributed by atoms with Crippen LogP contribution in [0.1, 0.15) is 16.9 Å². The van der Waals surface area contributed by atoms with E-state index >= 15 is 0 Å². The van der Waals surface area contributed by atoms with Crippen molar-refractivity contribution in [2.45, 2.75) is 19.6 Å². The van der Waals surface area contributed by atoms with Crippen LogP contribution in [-0.2, 0) is 12.7 Å². The predicted octanol–water partition coefficient (Wildman–Crippen LogP) is 5.49. The molecule has 0 spiro atoms. The fourth-order valence-electron chi connectivity index (χ4n) is 3.87. The topological polar surface area (TPSA) is 94.0 Å². The molecule has 2 aromatic heterocycles.